The Morgan fingerprint density at radius 1 is 0.875 bits per heavy atom. The van der Waals surface area contributed by atoms with Crippen LogP contribution in [0.4, 0.5) is 0 Å². The van der Waals surface area contributed by atoms with E-state index in [1.165, 1.54) is 0 Å². The van der Waals surface area contributed by atoms with Crippen LogP contribution in [0.1, 0.15) is 27.7 Å². The van der Waals surface area contributed by atoms with E-state index in [-0.39, 0.29) is 24.0 Å². The summed E-state index contributed by atoms with van der Waals surface area (Å²) in [4.78, 5) is 0. The van der Waals surface area contributed by atoms with E-state index in [1.54, 1.807) is 0 Å². The van der Waals surface area contributed by atoms with Gasteiger partial charge in [-0.1, -0.05) is 0 Å². The second-order valence-corrected chi connectivity index (χ2v) is 5.87. The standard InChI is InChI=1S/2C3H7.Ag.HI/c2*1-3-2;;/h2*3H,1-2H3;;1H. The summed E-state index contributed by atoms with van der Waals surface area (Å²) in [6, 6.07) is 0. The second-order valence-electron chi connectivity index (χ2n) is 1.95. The smallest absolute Gasteiger partial charge is 0.107 e. The van der Waals surface area contributed by atoms with E-state index in [0.29, 0.717) is 0 Å². The largest absolute Gasteiger partial charge is 0.107 e. The molecule has 0 spiro atoms. The molecule has 0 unspecified atom stereocenters. The van der Waals surface area contributed by atoms with Gasteiger partial charge in [0, 0.05) is 0 Å². The van der Waals surface area contributed by atoms with Crippen molar-refractivity contribution >= 4 is 24.0 Å². The molecule has 0 aromatic carbocycles. The van der Waals surface area contributed by atoms with Gasteiger partial charge < -0.3 is 0 Å². The molecule has 0 aliphatic carbocycles. The molecule has 2 heteroatoms. The maximum atomic E-state index is 2.28. The van der Waals surface area contributed by atoms with Crippen molar-refractivity contribution in [3.63, 3.8) is 0 Å². The van der Waals surface area contributed by atoms with Crippen molar-refractivity contribution in [1.29, 1.82) is 0 Å². The fraction of sp³-hybridized carbons (Fsp3) is 1.00. The Hall–Kier alpha value is 1.47. The molecule has 0 aliphatic heterocycles. The van der Waals surface area contributed by atoms with Crippen molar-refractivity contribution < 1.29 is 19.8 Å². The molecule has 0 saturated carbocycles. The molecule has 0 radical (unpaired) electrons. The van der Waals surface area contributed by atoms with Crippen LogP contribution in [-0.4, -0.2) is 0 Å². The number of hydrogen-bond acceptors (Lipinski definition) is 0. The molecule has 0 bridgehead atoms. The first-order valence-corrected chi connectivity index (χ1v) is 4.37. The Balaban J connectivity index is 0. The van der Waals surface area contributed by atoms with Gasteiger partial charge in [-0.25, -0.2) is 0 Å². The predicted molar refractivity (Wildman–Crippen MR) is 45.6 cm³/mol. The summed E-state index contributed by atoms with van der Waals surface area (Å²) < 4.78 is 1.81. The molecule has 0 aliphatic rings. The van der Waals surface area contributed by atoms with Crippen LogP contribution >= 0.6 is 24.0 Å². The fourth-order valence-electron chi connectivity index (χ4n) is 0.402. The molecular weight excluding hydrogens is 307 g/mol. The SMILES string of the molecule is C[CH](C)[Ag][CH](C)C.I. The Bertz CT molecular complexity index is 37.8. The van der Waals surface area contributed by atoms with E-state index in [2.05, 4.69) is 27.7 Å². The minimum absolute atomic E-state index is 0. The van der Waals surface area contributed by atoms with Crippen molar-refractivity contribution in [3.8, 4) is 0 Å². The van der Waals surface area contributed by atoms with E-state index in [0.717, 1.165) is 28.0 Å². The molecule has 0 nitrogen and oxygen atoms in total. The summed E-state index contributed by atoms with van der Waals surface area (Å²) in [7, 11) is 0. The summed E-state index contributed by atoms with van der Waals surface area (Å²) in [6.07, 6.45) is 0. The van der Waals surface area contributed by atoms with E-state index in [9.17, 15) is 0 Å². The third kappa shape index (κ3) is 10.5. The first-order valence-electron chi connectivity index (χ1n) is 2.66. The maximum Gasteiger partial charge on any atom is -0.107 e. The van der Waals surface area contributed by atoms with Crippen molar-refractivity contribution in [1.82, 2.24) is 0 Å². The van der Waals surface area contributed by atoms with E-state index >= 15 is 0 Å². The third-order valence-corrected chi connectivity index (χ3v) is 2.38. The minimum Gasteiger partial charge on any atom is -0.107 e. The van der Waals surface area contributed by atoms with Gasteiger partial charge in [-0.15, -0.1) is 24.0 Å². The van der Waals surface area contributed by atoms with Crippen molar-refractivity contribution in [2.24, 2.45) is 0 Å². The topological polar surface area (TPSA) is 0 Å². The third-order valence-electron chi connectivity index (χ3n) is 0.402. The normalized spacial score (nSPS) is 10.2. The van der Waals surface area contributed by atoms with Gasteiger partial charge in [0.05, 0.1) is 0 Å². The predicted octanol–water partition coefficient (Wildman–Crippen LogP) is 3.34. The first kappa shape index (κ1) is 12.2. The van der Waals surface area contributed by atoms with Gasteiger partial charge in [-0.05, 0) is 0 Å². The van der Waals surface area contributed by atoms with Crippen molar-refractivity contribution in [3.05, 3.63) is 0 Å². The van der Waals surface area contributed by atoms with Crippen LogP contribution in [0, 0.1) is 0 Å². The van der Waals surface area contributed by atoms with Gasteiger partial charge in [-0.3, -0.25) is 0 Å². The molecule has 0 heterocycles. The van der Waals surface area contributed by atoms with E-state index in [1.807, 2.05) is 0 Å². The molecule has 0 aromatic heterocycles. The minimum atomic E-state index is 0. The van der Waals surface area contributed by atoms with Gasteiger partial charge in [-0.2, -0.15) is 0 Å². The van der Waals surface area contributed by atoms with Crippen molar-refractivity contribution in [2.45, 2.75) is 36.0 Å². The molecule has 0 saturated heterocycles. The monoisotopic (exact) mass is 321 g/mol. The zero-order valence-electron chi connectivity index (χ0n) is 5.86. The van der Waals surface area contributed by atoms with Crippen LogP contribution in [0.25, 0.3) is 0 Å². The molecule has 0 N–H and O–H groups in total. The molecule has 0 fully saturated rings. The maximum absolute atomic E-state index is 2.28. The zero-order valence-corrected chi connectivity index (χ0v) is 9.68. The molecule has 0 aromatic rings. The van der Waals surface area contributed by atoms with Gasteiger partial charge in [0.2, 0.25) is 0 Å². The molecule has 0 rings (SSSR count). The van der Waals surface area contributed by atoms with Gasteiger partial charge in [0.1, 0.15) is 0 Å². The Labute approximate surface area is 79.2 Å². The fourth-order valence-corrected chi connectivity index (χ4v) is 2.38. The van der Waals surface area contributed by atoms with Crippen LogP contribution in [0.5, 0.6) is 0 Å². The summed E-state index contributed by atoms with van der Waals surface area (Å²) >= 11 is 1.13. The first-order chi connectivity index (χ1) is 3.13. The van der Waals surface area contributed by atoms with Gasteiger partial charge in [0.15, 0.2) is 0 Å². The average Bonchev–Trinajstić information content (AvgIpc) is 1.27. The van der Waals surface area contributed by atoms with E-state index in [4.69, 9.17) is 0 Å². The number of halogens is 1. The molecule has 8 heavy (non-hydrogen) atoms. The van der Waals surface area contributed by atoms with E-state index < -0.39 is 0 Å². The Morgan fingerprint density at radius 2 is 1.12 bits per heavy atom. The Morgan fingerprint density at radius 3 is 1.12 bits per heavy atom. The van der Waals surface area contributed by atoms with Crippen LogP contribution in [-0.2, 0) is 19.8 Å². The van der Waals surface area contributed by atoms with Crippen molar-refractivity contribution in [2.75, 3.05) is 0 Å². The summed E-state index contributed by atoms with van der Waals surface area (Å²) in [5.74, 6) is 0. The van der Waals surface area contributed by atoms with Gasteiger partial charge in [0.25, 0.3) is 0 Å². The van der Waals surface area contributed by atoms with Crippen LogP contribution in [0.3, 0.4) is 0 Å². The average molecular weight is 322 g/mol. The number of rotatable bonds is 2. The van der Waals surface area contributed by atoms with Crippen LogP contribution < -0.4 is 0 Å². The number of hydrogen-bond donors (Lipinski definition) is 0. The summed E-state index contributed by atoms with van der Waals surface area (Å²) in [5, 5.41) is 0. The molecule has 0 amide bonds. The zero-order chi connectivity index (χ0) is 5.86. The molecule has 0 atom stereocenters. The second kappa shape index (κ2) is 6.59. The summed E-state index contributed by atoms with van der Waals surface area (Å²) in [6.45, 7) is 9.11. The molecular formula is C6H15AgI. The summed E-state index contributed by atoms with van der Waals surface area (Å²) in [5.41, 5.74) is 0. The van der Waals surface area contributed by atoms with Gasteiger partial charge >= 0.3 is 55.7 Å². The quantitative estimate of drug-likeness (QED) is 0.540. The van der Waals surface area contributed by atoms with Crippen LogP contribution in [0.2, 0.25) is 8.27 Å². The van der Waals surface area contributed by atoms with Crippen LogP contribution in [0.15, 0.2) is 0 Å². The Kier molecular flexibility index (Phi) is 10.0. The molecule has 57 valence electrons.